The van der Waals surface area contributed by atoms with E-state index in [4.69, 9.17) is 11.6 Å². The second kappa shape index (κ2) is 7.04. The van der Waals surface area contributed by atoms with Crippen molar-refractivity contribution in [2.24, 2.45) is 0 Å². The van der Waals surface area contributed by atoms with Gasteiger partial charge in [-0.3, -0.25) is 0 Å². The van der Waals surface area contributed by atoms with E-state index in [1.807, 2.05) is 24.3 Å². The summed E-state index contributed by atoms with van der Waals surface area (Å²) < 4.78 is 1.14. The van der Waals surface area contributed by atoms with Crippen molar-refractivity contribution in [1.82, 2.24) is 5.32 Å². The molecule has 1 aromatic rings. The van der Waals surface area contributed by atoms with Crippen molar-refractivity contribution in [2.75, 3.05) is 12.4 Å². The number of benzene rings is 1. The average Bonchev–Trinajstić information content (AvgIpc) is 2.25. The minimum absolute atomic E-state index is 0.334. The fraction of sp³-hybridized carbons (Fsp3) is 0.333. The molecule has 3 heteroatoms. The van der Waals surface area contributed by atoms with E-state index in [2.05, 4.69) is 40.3 Å². The summed E-state index contributed by atoms with van der Waals surface area (Å²) in [6.07, 6.45) is 3.99. The van der Waals surface area contributed by atoms with Crippen LogP contribution in [-0.4, -0.2) is 12.4 Å². The molecule has 0 amide bonds. The molecule has 0 fully saturated rings. The summed E-state index contributed by atoms with van der Waals surface area (Å²) >= 11 is 9.08. The highest BCUT2D eigenvalue weighted by Crippen LogP contribution is 2.22. The fourth-order valence-corrected chi connectivity index (χ4v) is 2.08. The topological polar surface area (TPSA) is 12.0 Å². The maximum Gasteiger partial charge on any atom is 0.0404 e. The van der Waals surface area contributed by atoms with Gasteiger partial charge in [0.1, 0.15) is 0 Å². The second-order valence-corrected chi connectivity index (χ2v) is 4.44. The Morgan fingerprint density at radius 2 is 2.13 bits per heavy atom. The monoisotopic (exact) mass is 287 g/mol. The van der Waals surface area contributed by atoms with Crippen molar-refractivity contribution < 1.29 is 0 Å². The molecule has 1 N–H and O–H groups in total. The third-order valence-corrected chi connectivity index (χ3v) is 3.07. The lowest BCUT2D eigenvalue weighted by Crippen LogP contribution is -2.18. The summed E-state index contributed by atoms with van der Waals surface area (Å²) in [7, 11) is 0. The van der Waals surface area contributed by atoms with Crippen molar-refractivity contribution in [3.8, 4) is 0 Å². The van der Waals surface area contributed by atoms with E-state index in [1.165, 1.54) is 5.56 Å². The van der Waals surface area contributed by atoms with Crippen LogP contribution in [0.1, 0.15) is 18.5 Å². The Balaban J connectivity index is 2.50. The zero-order chi connectivity index (χ0) is 11.1. The Labute approximate surface area is 105 Å². The van der Waals surface area contributed by atoms with E-state index in [9.17, 15) is 0 Å². The van der Waals surface area contributed by atoms with Crippen LogP contribution in [0.2, 0.25) is 0 Å². The van der Waals surface area contributed by atoms with Crippen molar-refractivity contribution in [2.45, 2.75) is 13.0 Å². The van der Waals surface area contributed by atoms with Gasteiger partial charge in [0, 0.05) is 22.9 Å². The molecule has 0 aliphatic heterocycles. The van der Waals surface area contributed by atoms with Gasteiger partial charge in [-0.25, -0.2) is 0 Å². The predicted molar refractivity (Wildman–Crippen MR) is 70.4 cm³/mol. The first-order chi connectivity index (χ1) is 7.25. The van der Waals surface area contributed by atoms with Gasteiger partial charge in [0.25, 0.3) is 0 Å². The highest BCUT2D eigenvalue weighted by atomic mass is 79.9. The van der Waals surface area contributed by atoms with Gasteiger partial charge in [0.2, 0.25) is 0 Å². The number of hydrogen-bond acceptors (Lipinski definition) is 1. The van der Waals surface area contributed by atoms with Crippen LogP contribution >= 0.6 is 27.5 Å². The van der Waals surface area contributed by atoms with Crippen LogP contribution in [0.25, 0.3) is 0 Å². The molecule has 1 aromatic carbocycles. The minimum atomic E-state index is 0.334. The highest BCUT2D eigenvalue weighted by Gasteiger charge is 2.06. The SMILES string of the molecule is C[C@H](NC/C=C/CCl)c1ccccc1Br. The first-order valence-electron chi connectivity index (χ1n) is 4.94. The van der Waals surface area contributed by atoms with E-state index in [-0.39, 0.29) is 0 Å². The Kier molecular flexibility index (Phi) is 5.99. The van der Waals surface area contributed by atoms with Crippen molar-refractivity contribution in [3.63, 3.8) is 0 Å². The molecule has 0 aliphatic rings. The Bertz CT molecular complexity index is 325. The molecule has 0 aliphatic carbocycles. The third-order valence-electron chi connectivity index (χ3n) is 2.17. The van der Waals surface area contributed by atoms with E-state index >= 15 is 0 Å². The summed E-state index contributed by atoms with van der Waals surface area (Å²) in [5, 5.41) is 3.40. The number of hydrogen-bond donors (Lipinski definition) is 1. The summed E-state index contributed by atoms with van der Waals surface area (Å²) in [6, 6.07) is 8.58. The van der Waals surface area contributed by atoms with Gasteiger partial charge in [-0.1, -0.05) is 46.3 Å². The summed E-state index contributed by atoms with van der Waals surface area (Å²) in [6.45, 7) is 2.99. The summed E-state index contributed by atoms with van der Waals surface area (Å²) in [5.74, 6) is 0.574. The van der Waals surface area contributed by atoms with Gasteiger partial charge in [-0.15, -0.1) is 11.6 Å². The molecule has 0 saturated carbocycles. The molecule has 0 aromatic heterocycles. The number of halogens is 2. The van der Waals surface area contributed by atoms with Crippen molar-refractivity contribution in [1.29, 1.82) is 0 Å². The van der Waals surface area contributed by atoms with Crippen LogP contribution in [0.3, 0.4) is 0 Å². The lowest BCUT2D eigenvalue weighted by atomic mass is 10.1. The van der Waals surface area contributed by atoms with E-state index in [0.29, 0.717) is 11.9 Å². The first kappa shape index (κ1) is 12.8. The standard InChI is InChI=1S/C12H15BrClN/c1-10(15-9-5-4-8-14)11-6-2-3-7-12(11)13/h2-7,10,15H,8-9H2,1H3/b5-4+/t10-/m0/s1. The molecule has 0 heterocycles. The van der Waals surface area contributed by atoms with Gasteiger partial charge in [0.05, 0.1) is 0 Å². The minimum Gasteiger partial charge on any atom is -0.307 e. The summed E-state index contributed by atoms with van der Waals surface area (Å²) in [4.78, 5) is 0. The summed E-state index contributed by atoms with van der Waals surface area (Å²) in [5.41, 5.74) is 1.27. The number of rotatable bonds is 5. The maximum atomic E-state index is 5.54. The first-order valence-corrected chi connectivity index (χ1v) is 6.27. The molecular formula is C12H15BrClN. The smallest absolute Gasteiger partial charge is 0.0404 e. The molecule has 0 unspecified atom stereocenters. The number of allylic oxidation sites excluding steroid dienone is 1. The van der Waals surface area contributed by atoms with E-state index in [1.54, 1.807) is 0 Å². The van der Waals surface area contributed by atoms with Crippen molar-refractivity contribution in [3.05, 3.63) is 46.5 Å². The molecule has 0 spiro atoms. The lowest BCUT2D eigenvalue weighted by molar-refractivity contribution is 0.615. The average molecular weight is 289 g/mol. The largest absolute Gasteiger partial charge is 0.307 e. The molecule has 15 heavy (non-hydrogen) atoms. The molecule has 1 rings (SSSR count). The van der Waals surface area contributed by atoms with E-state index < -0.39 is 0 Å². The van der Waals surface area contributed by atoms with Gasteiger partial charge in [-0.2, -0.15) is 0 Å². The number of alkyl halides is 1. The van der Waals surface area contributed by atoms with Gasteiger partial charge in [-0.05, 0) is 18.6 Å². The molecular weight excluding hydrogens is 273 g/mol. The fourth-order valence-electron chi connectivity index (χ4n) is 1.33. The lowest BCUT2D eigenvalue weighted by Gasteiger charge is -2.14. The zero-order valence-corrected chi connectivity index (χ0v) is 11.1. The third kappa shape index (κ3) is 4.37. The van der Waals surface area contributed by atoms with Crippen LogP contribution < -0.4 is 5.32 Å². The Morgan fingerprint density at radius 3 is 2.80 bits per heavy atom. The Morgan fingerprint density at radius 1 is 1.40 bits per heavy atom. The molecule has 1 nitrogen and oxygen atoms in total. The maximum absolute atomic E-state index is 5.54. The molecule has 82 valence electrons. The van der Waals surface area contributed by atoms with Crippen LogP contribution in [0, 0.1) is 0 Å². The van der Waals surface area contributed by atoms with Crippen molar-refractivity contribution >= 4 is 27.5 Å². The van der Waals surface area contributed by atoms with Gasteiger partial charge in [0.15, 0.2) is 0 Å². The highest BCUT2D eigenvalue weighted by molar-refractivity contribution is 9.10. The molecule has 1 atom stereocenters. The molecule has 0 radical (unpaired) electrons. The Hall–Kier alpha value is -0.310. The quantitative estimate of drug-likeness (QED) is 0.640. The number of nitrogens with one attached hydrogen (secondary N) is 1. The van der Waals surface area contributed by atoms with Crippen LogP contribution in [-0.2, 0) is 0 Å². The van der Waals surface area contributed by atoms with Gasteiger partial charge >= 0.3 is 0 Å². The van der Waals surface area contributed by atoms with Crippen LogP contribution in [0.5, 0.6) is 0 Å². The van der Waals surface area contributed by atoms with E-state index in [0.717, 1.165) is 11.0 Å². The second-order valence-electron chi connectivity index (χ2n) is 3.28. The molecule has 0 bridgehead atoms. The van der Waals surface area contributed by atoms with Crippen LogP contribution in [0.4, 0.5) is 0 Å². The zero-order valence-electron chi connectivity index (χ0n) is 8.71. The van der Waals surface area contributed by atoms with Crippen LogP contribution in [0.15, 0.2) is 40.9 Å². The van der Waals surface area contributed by atoms with Gasteiger partial charge < -0.3 is 5.32 Å². The molecule has 0 saturated heterocycles. The normalized spacial score (nSPS) is 13.3. The predicted octanol–water partition coefficient (Wildman–Crippen LogP) is 3.89.